The number of nitrogens with zero attached hydrogens (tertiary/aromatic N) is 1. The average molecular weight is 480 g/mol. The van der Waals surface area contributed by atoms with Crippen LogP contribution in [0.1, 0.15) is 80.6 Å². The molecule has 0 aromatic heterocycles. The molecule has 1 aliphatic heterocycles. The summed E-state index contributed by atoms with van der Waals surface area (Å²) in [6, 6.07) is 0. The highest BCUT2D eigenvalue weighted by atomic mass is 28.4. The van der Waals surface area contributed by atoms with Gasteiger partial charge in [0, 0.05) is 23.6 Å². The van der Waals surface area contributed by atoms with Crippen molar-refractivity contribution in [2.24, 2.45) is 27.7 Å². The van der Waals surface area contributed by atoms with Gasteiger partial charge in [-0.1, -0.05) is 33.8 Å². The third kappa shape index (κ3) is 5.99. The van der Waals surface area contributed by atoms with Crippen molar-refractivity contribution in [3.05, 3.63) is 12.7 Å². The minimum absolute atomic E-state index is 0.00740. The molecule has 2 aliphatic rings. The lowest BCUT2D eigenvalue weighted by molar-refractivity contribution is -0.155. The quantitative estimate of drug-likeness (QED) is 0.257. The molecular weight excluding hydrogens is 430 g/mol. The first-order chi connectivity index (χ1) is 15.1. The van der Waals surface area contributed by atoms with E-state index in [0.29, 0.717) is 25.9 Å². The van der Waals surface area contributed by atoms with Gasteiger partial charge in [-0.25, -0.2) is 0 Å². The zero-order chi connectivity index (χ0) is 25.2. The van der Waals surface area contributed by atoms with E-state index in [9.17, 15) is 9.90 Å². The molecular formula is C27H49NO4Si. The standard InChI is InChI=1S/C27H49NO4Si/c1-11-15-27(21-13-12-16-28-21)20(14-17-31-24(30)25(3,4)5)23(19(2)18-22(27)29)32-33(9,10)26(6,7)8/h11,19-20,22-23,29H,1,12-18H2,2-10H3/t19-,20+,22+,23-,27-/m0/s1. The number of carbonyl (C=O) groups excluding carboxylic acids is 1. The van der Waals surface area contributed by atoms with Gasteiger partial charge in [0.15, 0.2) is 8.32 Å². The van der Waals surface area contributed by atoms with Crippen LogP contribution in [0, 0.1) is 22.7 Å². The van der Waals surface area contributed by atoms with Crippen LogP contribution in [-0.2, 0) is 14.0 Å². The molecule has 1 saturated carbocycles. The Morgan fingerprint density at radius 1 is 1.27 bits per heavy atom. The lowest BCUT2D eigenvalue weighted by Crippen LogP contribution is -2.61. The predicted molar refractivity (Wildman–Crippen MR) is 139 cm³/mol. The second-order valence-electron chi connectivity index (χ2n) is 12.8. The van der Waals surface area contributed by atoms with Crippen molar-refractivity contribution < 1.29 is 19.1 Å². The van der Waals surface area contributed by atoms with Crippen molar-refractivity contribution in [1.82, 2.24) is 0 Å². The normalized spacial score (nSPS) is 31.3. The minimum atomic E-state index is -2.07. The lowest BCUT2D eigenvalue weighted by atomic mass is 9.55. The van der Waals surface area contributed by atoms with Gasteiger partial charge in [-0.2, -0.15) is 0 Å². The Hall–Kier alpha value is -0.983. The largest absolute Gasteiger partial charge is 0.465 e. The fourth-order valence-corrected chi connectivity index (χ4v) is 6.67. The van der Waals surface area contributed by atoms with Crippen molar-refractivity contribution in [1.29, 1.82) is 0 Å². The fourth-order valence-electron chi connectivity index (χ4n) is 5.24. The first-order valence-electron chi connectivity index (χ1n) is 12.8. The van der Waals surface area contributed by atoms with Gasteiger partial charge in [-0.3, -0.25) is 9.79 Å². The Morgan fingerprint density at radius 3 is 2.39 bits per heavy atom. The van der Waals surface area contributed by atoms with Crippen molar-refractivity contribution in [2.75, 3.05) is 13.2 Å². The molecule has 33 heavy (non-hydrogen) atoms. The van der Waals surface area contributed by atoms with Crippen LogP contribution in [0.15, 0.2) is 17.6 Å². The van der Waals surface area contributed by atoms with E-state index in [1.54, 1.807) is 0 Å². The average Bonchev–Trinajstić information content (AvgIpc) is 3.20. The number of allylic oxidation sites excluding steroid dienone is 1. The van der Waals surface area contributed by atoms with Crippen LogP contribution in [0.25, 0.3) is 0 Å². The summed E-state index contributed by atoms with van der Waals surface area (Å²) in [5.74, 6) is 0.0201. The lowest BCUT2D eigenvalue weighted by Gasteiger charge is -2.55. The summed E-state index contributed by atoms with van der Waals surface area (Å²) in [7, 11) is -2.07. The van der Waals surface area contributed by atoms with Gasteiger partial charge >= 0.3 is 5.97 Å². The molecule has 1 aliphatic carbocycles. The maximum absolute atomic E-state index is 12.5. The summed E-state index contributed by atoms with van der Waals surface area (Å²) in [5, 5.41) is 11.7. The number of aliphatic hydroxyl groups excluding tert-OH is 1. The zero-order valence-corrected chi connectivity index (χ0v) is 23.7. The first-order valence-corrected chi connectivity index (χ1v) is 15.7. The van der Waals surface area contributed by atoms with Crippen LogP contribution >= 0.6 is 0 Å². The van der Waals surface area contributed by atoms with Gasteiger partial charge in [0.1, 0.15) is 0 Å². The molecule has 1 fully saturated rings. The molecule has 6 heteroatoms. The van der Waals surface area contributed by atoms with Crippen LogP contribution in [-0.4, -0.2) is 50.5 Å². The monoisotopic (exact) mass is 479 g/mol. The van der Waals surface area contributed by atoms with Gasteiger partial charge < -0.3 is 14.3 Å². The minimum Gasteiger partial charge on any atom is -0.465 e. The Balaban J connectivity index is 2.48. The molecule has 0 radical (unpaired) electrons. The highest BCUT2D eigenvalue weighted by molar-refractivity contribution is 6.74. The van der Waals surface area contributed by atoms with E-state index in [1.807, 2.05) is 26.8 Å². The highest BCUT2D eigenvalue weighted by Gasteiger charge is 2.57. The predicted octanol–water partition coefficient (Wildman–Crippen LogP) is 6.17. The summed E-state index contributed by atoms with van der Waals surface area (Å²) < 4.78 is 12.8. The van der Waals surface area contributed by atoms with E-state index in [2.05, 4.69) is 47.4 Å². The summed E-state index contributed by atoms with van der Waals surface area (Å²) in [4.78, 5) is 17.4. The van der Waals surface area contributed by atoms with E-state index < -0.39 is 25.3 Å². The SMILES string of the molecule is C=CC[C@]1(C2=NCCC2)[C@H](O)C[C@H](C)[C@H](O[Si](C)(C)C(C)(C)C)[C@H]1CCOC(=O)C(C)(C)C. The maximum Gasteiger partial charge on any atom is 0.311 e. The number of rotatable bonds is 8. The number of carbonyl (C=O) groups is 1. The molecule has 0 amide bonds. The Kier molecular flexibility index (Phi) is 8.84. The molecule has 190 valence electrons. The van der Waals surface area contributed by atoms with Crippen LogP contribution in [0.2, 0.25) is 18.1 Å². The Labute approximate surface area is 203 Å². The van der Waals surface area contributed by atoms with Gasteiger partial charge in [-0.15, -0.1) is 6.58 Å². The number of hydrogen-bond acceptors (Lipinski definition) is 5. The summed E-state index contributed by atoms with van der Waals surface area (Å²) >= 11 is 0. The van der Waals surface area contributed by atoms with Gasteiger partial charge in [0.05, 0.1) is 24.2 Å². The maximum atomic E-state index is 12.5. The van der Waals surface area contributed by atoms with Crippen molar-refractivity contribution in [2.45, 2.75) is 111 Å². The topological polar surface area (TPSA) is 68.1 Å². The third-order valence-electron chi connectivity index (χ3n) is 8.21. The number of esters is 1. The molecule has 0 saturated heterocycles. The van der Waals surface area contributed by atoms with Gasteiger partial charge in [0.25, 0.3) is 0 Å². The Bertz CT molecular complexity index is 733. The van der Waals surface area contributed by atoms with Crippen molar-refractivity contribution in [3.63, 3.8) is 0 Å². The van der Waals surface area contributed by atoms with E-state index in [4.69, 9.17) is 14.2 Å². The first kappa shape index (κ1) is 28.3. The van der Waals surface area contributed by atoms with Crippen LogP contribution < -0.4 is 0 Å². The molecule has 0 bridgehead atoms. The molecule has 1 heterocycles. The summed E-state index contributed by atoms with van der Waals surface area (Å²) in [6.45, 7) is 24.4. The smallest absolute Gasteiger partial charge is 0.311 e. The Morgan fingerprint density at radius 2 is 1.91 bits per heavy atom. The molecule has 0 spiro atoms. The second kappa shape index (κ2) is 10.3. The van der Waals surface area contributed by atoms with Crippen LogP contribution in [0.3, 0.4) is 0 Å². The number of aliphatic imine (C=N–C) groups is 1. The molecule has 0 unspecified atom stereocenters. The molecule has 2 rings (SSSR count). The highest BCUT2D eigenvalue weighted by Crippen LogP contribution is 2.53. The van der Waals surface area contributed by atoms with Gasteiger partial charge in [0.2, 0.25) is 0 Å². The molecule has 0 aromatic carbocycles. The van der Waals surface area contributed by atoms with E-state index in [1.165, 1.54) is 0 Å². The third-order valence-corrected chi connectivity index (χ3v) is 12.7. The van der Waals surface area contributed by atoms with Gasteiger partial charge in [-0.05, 0) is 76.9 Å². The fraction of sp³-hybridized carbons (Fsp3) is 0.852. The second-order valence-corrected chi connectivity index (χ2v) is 17.6. The molecule has 5 atom stereocenters. The van der Waals surface area contributed by atoms with Crippen molar-refractivity contribution >= 4 is 20.0 Å². The van der Waals surface area contributed by atoms with E-state index in [-0.39, 0.29) is 28.9 Å². The van der Waals surface area contributed by atoms with Crippen LogP contribution in [0.5, 0.6) is 0 Å². The van der Waals surface area contributed by atoms with Crippen LogP contribution in [0.4, 0.5) is 0 Å². The van der Waals surface area contributed by atoms with E-state index >= 15 is 0 Å². The molecule has 5 nitrogen and oxygen atoms in total. The van der Waals surface area contributed by atoms with E-state index in [0.717, 1.165) is 25.1 Å². The molecule has 1 N–H and O–H groups in total. The number of hydrogen-bond donors (Lipinski definition) is 1. The number of ether oxygens (including phenoxy) is 1. The molecule has 0 aromatic rings. The summed E-state index contributed by atoms with van der Waals surface area (Å²) in [6.07, 6.45) is 5.32. The summed E-state index contributed by atoms with van der Waals surface area (Å²) in [5.41, 5.74) is 0.0635. The zero-order valence-electron chi connectivity index (χ0n) is 22.7. The number of aliphatic hydroxyl groups is 1. The van der Waals surface area contributed by atoms with Crippen molar-refractivity contribution in [3.8, 4) is 0 Å².